The van der Waals surface area contributed by atoms with Gasteiger partial charge in [0.05, 0.1) is 0 Å². The van der Waals surface area contributed by atoms with Crippen LogP contribution < -0.4 is 0 Å². The van der Waals surface area contributed by atoms with Gasteiger partial charge in [-0.3, -0.25) is 0 Å². The fourth-order valence-electron chi connectivity index (χ4n) is 2.47. The maximum atomic E-state index is 11.2. The van der Waals surface area contributed by atoms with Crippen molar-refractivity contribution in [3.63, 3.8) is 0 Å². The van der Waals surface area contributed by atoms with Gasteiger partial charge in [-0.25, -0.2) is 4.79 Å². The summed E-state index contributed by atoms with van der Waals surface area (Å²) in [5.74, 6) is 5.27. The molecule has 3 aromatic carbocycles. The standard InChI is InChI=1S/C23H16O2/c24-23(25)17-22(20-9-5-2-6-10-20)21-15-13-19(14-16-21)12-11-18-7-3-1-4-8-18/h1-10,13-17H,(H,24,25). The molecule has 0 saturated carbocycles. The molecule has 0 bridgehead atoms. The number of carbonyl (C=O) groups is 1. The lowest BCUT2D eigenvalue weighted by Gasteiger charge is -2.07. The zero-order valence-corrected chi connectivity index (χ0v) is 13.5. The molecule has 0 aliphatic heterocycles. The number of carboxylic acids is 1. The molecule has 0 fully saturated rings. The summed E-state index contributed by atoms with van der Waals surface area (Å²) in [6, 6.07) is 26.9. The Bertz CT molecular complexity index is 942. The van der Waals surface area contributed by atoms with E-state index >= 15 is 0 Å². The molecular formula is C23H16O2. The number of aliphatic carboxylic acids is 1. The van der Waals surface area contributed by atoms with Crippen molar-refractivity contribution in [2.24, 2.45) is 0 Å². The van der Waals surface area contributed by atoms with Crippen LogP contribution in [0.2, 0.25) is 0 Å². The first-order valence-corrected chi connectivity index (χ1v) is 7.90. The van der Waals surface area contributed by atoms with Gasteiger partial charge in [0.25, 0.3) is 0 Å². The Labute approximate surface area is 147 Å². The molecule has 0 saturated heterocycles. The van der Waals surface area contributed by atoms with Gasteiger partial charge in [-0.15, -0.1) is 0 Å². The van der Waals surface area contributed by atoms with E-state index in [4.69, 9.17) is 0 Å². The summed E-state index contributed by atoms with van der Waals surface area (Å²) in [5.41, 5.74) is 4.24. The molecule has 0 unspecified atom stereocenters. The normalized spacial score (nSPS) is 10.6. The number of carboxylic acid groups (broad SMARTS) is 1. The fraction of sp³-hybridized carbons (Fsp3) is 0. The summed E-state index contributed by atoms with van der Waals surface area (Å²) in [5, 5.41) is 9.17. The van der Waals surface area contributed by atoms with E-state index in [0.717, 1.165) is 22.3 Å². The smallest absolute Gasteiger partial charge is 0.328 e. The van der Waals surface area contributed by atoms with E-state index in [1.807, 2.05) is 84.9 Å². The van der Waals surface area contributed by atoms with Gasteiger partial charge in [-0.1, -0.05) is 72.5 Å². The second kappa shape index (κ2) is 7.81. The van der Waals surface area contributed by atoms with Gasteiger partial charge in [0.15, 0.2) is 0 Å². The van der Waals surface area contributed by atoms with Crippen molar-refractivity contribution in [3.8, 4) is 11.8 Å². The molecule has 2 heteroatoms. The molecule has 0 aliphatic carbocycles. The SMILES string of the molecule is O=C(O)C=C(c1ccccc1)c1ccc(C#Cc2ccccc2)cc1. The number of hydrogen-bond donors (Lipinski definition) is 1. The van der Waals surface area contributed by atoms with Crippen molar-refractivity contribution in [3.05, 3.63) is 113 Å². The molecule has 0 atom stereocenters. The molecule has 0 aliphatic rings. The second-order valence-corrected chi connectivity index (χ2v) is 5.46. The largest absolute Gasteiger partial charge is 0.478 e. The summed E-state index contributed by atoms with van der Waals surface area (Å²) in [4.78, 5) is 11.2. The predicted octanol–water partition coefficient (Wildman–Crippen LogP) is 4.60. The lowest BCUT2D eigenvalue weighted by molar-refractivity contribution is -0.131. The van der Waals surface area contributed by atoms with Crippen LogP contribution in [0.15, 0.2) is 91.0 Å². The molecule has 120 valence electrons. The zero-order valence-electron chi connectivity index (χ0n) is 13.5. The van der Waals surface area contributed by atoms with E-state index < -0.39 is 5.97 Å². The molecule has 3 rings (SSSR count). The van der Waals surface area contributed by atoms with Crippen LogP contribution >= 0.6 is 0 Å². The third-order valence-electron chi connectivity index (χ3n) is 3.67. The highest BCUT2D eigenvalue weighted by Gasteiger charge is 2.07. The average molecular weight is 324 g/mol. The van der Waals surface area contributed by atoms with Crippen LogP contribution in [0.1, 0.15) is 22.3 Å². The fourth-order valence-corrected chi connectivity index (χ4v) is 2.47. The Balaban J connectivity index is 1.90. The van der Waals surface area contributed by atoms with E-state index in [-0.39, 0.29) is 0 Å². The molecule has 25 heavy (non-hydrogen) atoms. The van der Waals surface area contributed by atoms with Crippen LogP contribution in [0.4, 0.5) is 0 Å². The predicted molar refractivity (Wildman–Crippen MR) is 100 cm³/mol. The Kier molecular flexibility index (Phi) is 5.09. The van der Waals surface area contributed by atoms with Gasteiger partial charge in [0.1, 0.15) is 0 Å². The van der Waals surface area contributed by atoms with Gasteiger partial charge in [-0.2, -0.15) is 0 Å². The van der Waals surface area contributed by atoms with E-state index in [1.54, 1.807) is 0 Å². The van der Waals surface area contributed by atoms with Crippen molar-refractivity contribution in [2.45, 2.75) is 0 Å². The van der Waals surface area contributed by atoms with Crippen LogP contribution in [0.5, 0.6) is 0 Å². The highest BCUT2D eigenvalue weighted by atomic mass is 16.4. The van der Waals surface area contributed by atoms with Crippen LogP contribution in [-0.4, -0.2) is 11.1 Å². The molecule has 0 amide bonds. The molecule has 0 spiro atoms. The van der Waals surface area contributed by atoms with E-state index in [0.29, 0.717) is 5.57 Å². The van der Waals surface area contributed by atoms with Gasteiger partial charge in [0.2, 0.25) is 0 Å². The third-order valence-corrected chi connectivity index (χ3v) is 3.67. The summed E-state index contributed by atoms with van der Waals surface area (Å²) in [7, 11) is 0. The summed E-state index contributed by atoms with van der Waals surface area (Å²) in [6.07, 6.45) is 1.24. The van der Waals surface area contributed by atoms with Crippen LogP contribution in [0.3, 0.4) is 0 Å². The molecule has 0 heterocycles. The minimum atomic E-state index is -0.966. The van der Waals surface area contributed by atoms with Crippen molar-refractivity contribution in [1.29, 1.82) is 0 Å². The quantitative estimate of drug-likeness (QED) is 0.564. The molecule has 1 N–H and O–H groups in total. The average Bonchev–Trinajstić information content (AvgIpc) is 2.66. The first-order valence-electron chi connectivity index (χ1n) is 7.90. The van der Waals surface area contributed by atoms with Gasteiger partial charge >= 0.3 is 5.97 Å². The Hall–Kier alpha value is -3.57. The van der Waals surface area contributed by atoms with E-state index in [1.165, 1.54) is 6.08 Å². The van der Waals surface area contributed by atoms with Gasteiger partial charge in [0, 0.05) is 17.2 Å². The van der Waals surface area contributed by atoms with Crippen molar-refractivity contribution in [2.75, 3.05) is 0 Å². The maximum absolute atomic E-state index is 11.2. The van der Waals surface area contributed by atoms with E-state index in [2.05, 4.69) is 11.8 Å². The highest BCUT2D eigenvalue weighted by Crippen LogP contribution is 2.23. The van der Waals surface area contributed by atoms with Crippen molar-refractivity contribution >= 4 is 11.5 Å². The lowest BCUT2D eigenvalue weighted by atomic mass is 9.96. The Morgan fingerprint density at radius 1 is 0.680 bits per heavy atom. The maximum Gasteiger partial charge on any atom is 0.328 e. The lowest BCUT2D eigenvalue weighted by Crippen LogP contribution is -1.94. The number of hydrogen-bond acceptors (Lipinski definition) is 1. The number of benzene rings is 3. The Morgan fingerprint density at radius 3 is 1.72 bits per heavy atom. The van der Waals surface area contributed by atoms with Crippen LogP contribution in [0, 0.1) is 11.8 Å². The third kappa shape index (κ3) is 4.46. The topological polar surface area (TPSA) is 37.3 Å². The summed E-state index contributed by atoms with van der Waals surface area (Å²) >= 11 is 0. The molecule has 3 aromatic rings. The first kappa shape index (κ1) is 16.3. The zero-order chi connectivity index (χ0) is 17.5. The number of rotatable bonds is 3. The molecule has 2 nitrogen and oxygen atoms in total. The molecular weight excluding hydrogens is 308 g/mol. The first-order chi connectivity index (χ1) is 12.2. The van der Waals surface area contributed by atoms with E-state index in [9.17, 15) is 9.90 Å². The van der Waals surface area contributed by atoms with Crippen LogP contribution in [0.25, 0.3) is 5.57 Å². The van der Waals surface area contributed by atoms with Gasteiger partial charge < -0.3 is 5.11 Å². The molecule has 0 aromatic heterocycles. The van der Waals surface area contributed by atoms with Crippen molar-refractivity contribution < 1.29 is 9.90 Å². The minimum absolute atomic E-state index is 0.677. The minimum Gasteiger partial charge on any atom is -0.478 e. The summed E-state index contributed by atoms with van der Waals surface area (Å²) in [6.45, 7) is 0. The summed E-state index contributed by atoms with van der Waals surface area (Å²) < 4.78 is 0. The second-order valence-electron chi connectivity index (χ2n) is 5.46. The monoisotopic (exact) mass is 324 g/mol. The highest BCUT2D eigenvalue weighted by molar-refractivity contribution is 5.95. The molecule has 0 radical (unpaired) electrons. The van der Waals surface area contributed by atoms with Crippen LogP contribution in [-0.2, 0) is 4.79 Å². The van der Waals surface area contributed by atoms with Gasteiger partial charge in [-0.05, 0) is 41.0 Å². The van der Waals surface area contributed by atoms with Crippen molar-refractivity contribution in [1.82, 2.24) is 0 Å². The Morgan fingerprint density at radius 2 is 1.16 bits per heavy atom.